The van der Waals surface area contributed by atoms with Crippen LogP contribution in [0.4, 0.5) is 4.39 Å². The van der Waals surface area contributed by atoms with Gasteiger partial charge in [0.2, 0.25) is 5.95 Å². The normalized spacial score (nSPS) is 18.6. The summed E-state index contributed by atoms with van der Waals surface area (Å²) in [6.45, 7) is 0. The van der Waals surface area contributed by atoms with E-state index in [-0.39, 0.29) is 3.77 Å². The van der Waals surface area contributed by atoms with Crippen LogP contribution < -0.4 is 0 Å². The molecule has 0 amide bonds. The largest absolute Gasteiger partial charge is 0.502 e. The highest BCUT2D eigenvalue weighted by Gasteiger charge is 1.94. The fourth-order valence-corrected chi connectivity index (χ4v) is 1.26. The second-order valence-electron chi connectivity index (χ2n) is 1.15. The minimum atomic E-state index is -0.790. The van der Waals surface area contributed by atoms with Crippen molar-refractivity contribution in [3.05, 3.63) is 21.9 Å². The zero-order chi connectivity index (χ0) is 5.98. The lowest BCUT2D eigenvalue weighted by molar-refractivity contribution is 0.464. The van der Waals surface area contributed by atoms with E-state index in [1.54, 1.807) is 0 Å². The molecule has 2 nitrogen and oxygen atoms in total. The summed E-state index contributed by atoms with van der Waals surface area (Å²) in [5.41, 5.74) is 0. The van der Waals surface area contributed by atoms with Crippen molar-refractivity contribution in [3.8, 4) is 0 Å². The third-order valence-corrected chi connectivity index (χ3v) is 2.12. The maximum Gasteiger partial charge on any atom is 0.218 e. The van der Waals surface area contributed by atoms with Crippen molar-refractivity contribution in [1.29, 1.82) is 0 Å². The van der Waals surface area contributed by atoms with E-state index in [2.05, 4.69) is 3.15 Å². The monoisotopic (exact) mass is 227 g/mol. The molecule has 1 N–H and O–H groups in total. The van der Waals surface area contributed by atoms with Gasteiger partial charge in [0, 0.05) is 0 Å². The minimum absolute atomic E-state index is 0.213. The van der Waals surface area contributed by atoms with Crippen molar-refractivity contribution in [2.75, 3.05) is 0 Å². The maximum atomic E-state index is 11.9. The fraction of sp³-hybridized carbons (Fsp3) is 0. The third-order valence-electron chi connectivity index (χ3n) is 0.568. The fourth-order valence-electron chi connectivity index (χ4n) is 0.278. The molecule has 0 bridgehead atoms. The van der Waals surface area contributed by atoms with E-state index in [9.17, 15) is 4.39 Å². The Kier molecular flexibility index (Phi) is 1.72. The first-order valence-corrected chi connectivity index (χ1v) is 3.95. The van der Waals surface area contributed by atoms with Crippen LogP contribution in [-0.4, -0.2) is 5.11 Å². The second-order valence-corrected chi connectivity index (χ2v) is 3.22. The van der Waals surface area contributed by atoms with E-state index in [0.717, 1.165) is 6.08 Å². The molecule has 0 radical (unpaired) electrons. The van der Waals surface area contributed by atoms with Gasteiger partial charge in [-0.25, -0.2) is 0 Å². The summed E-state index contributed by atoms with van der Waals surface area (Å²) in [4.78, 5) is 0. The van der Waals surface area contributed by atoms with E-state index in [1.807, 2.05) is 0 Å². The summed E-state index contributed by atoms with van der Waals surface area (Å²) >= 11 is -0.790. The highest BCUT2D eigenvalue weighted by Crippen LogP contribution is 2.21. The van der Waals surface area contributed by atoms with Crippen molar-refractivity contribution in [2.45, 2.75) is 0 Å². The SMILES string of the molecule is OC1=CC=C(F)N=I1. The Balaban J connectivity index is 2.86. The van der Waals surface area contributed by atoms with Crippen LogP contribution in [0.1, 0.15) is 0 Å². The molecule has 4 heteroatoms. The van der Waals surface area contributed by atoms with Gasteiger partial charge in [-0.05, 0) is 12.2 Å². The van der Waals surface area contributed by atoms with Crippen molar-refractivity contribution in [3.63, 3.8) is 0 Å². The smallest absolute Gasteiger partial charge is 0.218 e. The summed E-state index contributed by atoms with van der Waals surface area (Å²) in [7, 11) is 0. The lowest BCUT2D eigenvalue weighted by Crippen LogP contribution is -1.70. The molecule has 0 aromatic heterocycles. The molecule has 0 atom stereocenters. The first-order valence-electron chi connectivity index (χ1n) is 1.90. The Hall–Kier alpha value is -0.260. The second kappa shape index (κ2) is 2.34. The molecular weight excluding hydrogens is 224 g/mol. The molecule has 1 rings (SSSR count). The minimum Gasteiger partial charge on any atom is -0.502 e. The lowest BCUT2D eigenvalue weighted by Gasteiger charge is -1.90. The van der Waals surface area contributed by atoms with Crippen LogP contribution in [0.3, 0.4) is 0 Å². The van der Waals surface area contributed by atoms with Crippen LogP contribution in [-0.2, 0) is 0 Å². The first kappa shape index (κ1) is 5.87. The van der Waals surface area contributed by atoms with E-state index in [4.69, 9.17) is 5.11 Å². The van der Waals surface area contributed by atoms with Gasteiger partial charge in [0.15, 0.2) is 3.77 Å². The van der Waals surface area contributed by atoms with Crippen molar-refractivity contribution in [1.82, 2.24) is 0 Å². The van der Waals surface area contributed by atoms with Crippen molar-refractivity contribution in [2.24, 2.45) is 3.15 Å². The molecule has 0 aromatic carbocycles. The van der Waals surface area contributed by atoms with Gasteiger partial charge in [0.1, 0.15) is 0 Å². The Bertz CT molecular complexity index is 164. The number of hydrogen-bond donors (Lipinski definition) is 1. The van der Waals surface area contributed by atoms with Crippen LogP contribution in [0.25, 0.3) is 0 Å². The summed E-state index contributed by atoms with van der Waals surface area (Å²) in [6.07, 6.45) is 2.49. The molecule has 0 aromatic rings. The highest BCUT2D eigenvalue weighted by molar-refractivity contribution is 14.2. The van der Waals surface area contributed by atoms with Gasteiger partial charge in [0.05, 0.1) is 21.0 Å². The van der Waals surface area contributed by atoms with Crippen molar-refractivity contribution >= 4 is 21.0 Å². The standard InChI is InChI=1S/C4H3FINO/c5-3-1-2-4(8)6-7-3/h1-2,8H. The van der Waals surface area contributed by atoms with Crippen LogP contribution in [0.15, 0.2) is 25.0 Å². The zero-order valence-electron chi connectivity index (χ0n) is 3.81. The van der Waals surface area contributed by atoms with E-state index >= 15 is 0 Å². The Morgan fingerprint density at radius 3 is 2.75 bits per heavy atom. The molecule has 44 valence electrons. The third kappa shape index (κ3) is 1.36. The molecular formula is C4H3FINO. The molecule has 8 heavy (non-hydrogen) atoms. The van der Waals surface area contributed by atoms with Crippen LogP contribution in [0.5, 0.6) is 0 Å². The van der Waals surface area contributed by atoms with Gasteiger partial charge in [-0.15, -0.1) is 0 Å². The lowest BCUT2D eigenvalue weighted by atomic mass is 10.6. The summed E-state index contributed by atoms with van der Waals surface area (Å²) in [6, 6.07) is 0. The van der Waals surface area contributed by atoms with E-state index in [1.165, 1.54) is 6.08 Å². The maximum absolute atomic E-state index is 11.9. The summed E-state index contributed by atoms with van der Waals surface area (Å²) in [5.74, 6) is -0.476. The number of allylic oxidation sites excluding steroid dienone is 2. The Morgan fingerprint density at radius 2 is 2.38 bits per heavy atom. The first-order chi connectivity index (χ1) is 3.79. The van der Waals surface area contributed by atoms with Crippen LogP contribution >= 0.6 is 21.0 Å². The van der Waals surface area contributed by atoms with Crippen molar-refractivity contribution < 1.29 is 9.50 Å². The number of aliphatic hydroxyl groups excluding tert-OH is 1. The molecule has 0 unspecified atom stereocenters. The summed E-state index contributed by atoms with van der Waals surface area (Å²) in [5, 5.41) is 8.63. The molecule has 1 aliphatic rings. The number of halogens is 2. The van der Waals surface area contributed by atoms with Crippen LogP contribution in [0, 0.1) is 0 Å². The van der Waals surface area contributed by atoms with E-state index in [0.29, 0.717) is 0 Å². The Labute approximate surface area is 55.9 Å². The van der Waals surface area contributed by atoms with Gasteiger partial charge in [0.25, 0.3) is 0 Å². The average Bonchev–Trinajstić information content (AvgIpc) is 1.77. The number of hydrogen-bond acceptors (Lipinski definition) is 2. The molecule has 1 aliphatic heterocycles. The number of rotatable bonds is 0. The van der Waals surface area contributed by atoms with E-state index < -0.39 is 27.0 Å². The number of aliphatic hydroxyl groups is 1. The molecule has 0 saturated heterocycles. The zero-order valence-corrected chi connectivity index (χ0v) is 5.96. The molecule has 0 saturated carbocycles. The van der Waals surface area contributed by atoms with Gasteiger partial charge >= 0.3 is 0 Å². The quantitative estimate of drug-likeness (QED) is 0.500. The summed E-state index contributed by atoms with van der Waals surface area (Å²) < 4.78 is 15.5. The molecule has 0 aliphatic carbocycles. The molecule has 0 fully saturated rings. The molecule has 0 spiro atoms. The topological polar surface area (TPSA) is 32.6 Å². The highest BCUT2D eigenvalue weighted by atomic mass is 127. The Morgan fingerprint density at radius 1 is 1.62 bits per heavy atom. The predicted octanol–water partition coefficient (Wildman–Crippen LogP) is 2.36. The van der Waals surface area contributed by atoms with Crippen LogP contribution in [0.2, 0.25) is 0 Å². The van der Waals surface area contributed by atoms with Gasteiger partial charge in [-0.1, -0.05) is 0 Å². The average molecular weight is 227 g/mol. The van der Waals surface area contributed by atoms with Gasteiger partial charge < -0.3 is 5.11 Å². The molecule has 1 heterocycles. The predicted molar refractivity (Wildman–Crippen MR) is 36.4 cm³/mol. The van der Waals surface area contributed by atoms with Gasteiger partial charge in [-0.2, -0.15) is 7.54 Å². The number of nitrogens with zero attached hydrogens (tertiary/aromatic N) is 1. The van der Waals surface area contributed by atoms with Gasteiger partial charge in [-0.3, -0.25) is 0 Å².